The molecule has 0 fully saturated rings. The second-order valence-electron chi connectivity index (χ2n) is 2.79. The van der Waals surface area contributed by atoms with Gasteiger partial charge in [0.2, 0.25) is 5.91 Å². The van der Waals surface area contributed by atoms with Crippen LogP contribution < -0.4 is 11.3 Å². The molecule has 1 heterocycles. The highest BCUT2D eigenvalue weighted by atomic mass is 127. The maximum Gasteiger partial charge on any atom is 0.238 e. The Labute approximate surface area is 89.8 Å². The third kappa shape index (κ3) is 2.96. The fourth-order valence-electron chi connectivity index (χ4n) is 0.944. The SMILES string of the molecule is CC(Cn1cc(I)cn1)C(=O)NN. The van der Waals surface area contributed by atoms with Crippen molar-refractivity contribution in [3.63, 3.8) is 0 Å². The summed E-state index contributed by atoms with van der Waals surface area (Å²) in [5.74, 6) is 4.66. The predicted octanol–water partition coefficient (Wildman–Crippen LogP) is 0.114. The number of carbonyl (C=O) groups excluding carboxylic acids is 1. The Balaban J connectivity index is 2.54. The minimum absolute atomic E-state index is 0.166. The highest BCUT2D eigenvalue weighted by molar-refractivity contribution is 14.1. The fourth-order valence-corrected chi connectivity index (χ4v) is 1.39. The molecule has 5 nitrogen and oxygen atoms in total. The van der Waals surface area contributed by atoms with Crippen LogP contribution in [-0.4, -0.2) is 15.7 Å². The molecule has 1 unspecified atom stereocenters. The van der Waals surface area contributed by atoms with Crippen LogP contribution in [0.5, 0.6) is 0 Å². The second kappa shape index (κ2) is 4.56. The van der Waals surface area contributed by atoms with Crippen molar-refractivity contribution in [3.05, 3.63) is 16.0 Å². The molecule has 1 amide bonds. The Kier molecular flexibility index (Phi) is 3.67. The third-order valence-electron chi connectivity index (χ3n) is 1.65. The lowest BCUT2D eigenvalue weighted by atomic mass is 10.2. The van der Waals surface area contributed by atoms with Crippen molar-refractivity contribution in [2.75, 3.05) is 0 Å². The summed E-state index contributed by atoms with van der Waals surface area (Å²) in [5, 5.41) is 4.06. The normalized spacial score (nSPS) is 12.5. The van der Waals surface area contributed by atoms with Crippen LogP contribution in [0.4, 0.5) is 0 Å². The lowest BCUT2D eigenvalue weighted by molar-refractivity contribution is -0.125. The van der Waals surface area contributed by atoms with Crippen LogP contribution in [0.25, 0.3) is 0 Å². The largest absolute Gasteiger partial charge is 0.294 e. The van der Waals surface area contributed by atoms with Gasteiger partial charge in [-0.05, 0) is 22.6 Å². The summed E-state index contributed by atoms with van der Waals surface area (Å²) in [6.45, 7) is 2.35. The van der Waals surface area contributed by atoms with E-state index in [0.717, 1.165) is 3.57 Å². The Morgan fingerprint density at radius 1 is 1.92 bits per heavy atom. The van der Waals surface area contributed by atoms with E-state index in [0.29, 0.717) is 6.54 Å². The number of carbonyl (C=O) groups is 1. The Morgan fingerprint density at radius 3 is 3.08 bits per heavy atom. The predicted molar refractivity (Wildman–Crippen MR) is 56.4 cm³/mol. The molecule has 1 aromatic heterocycles. The van der Waals surface area contributed by atoms with Crippen LogP contribution in [0.15, 0.2) is 12.4 Å². The molecule has 0 aliphatic heterocycles. The van der Waals surface area contributed by atoms with Crippen molar-refractivity contribution >= 4 is 28.5 Å². The van der Waals surface area contributed by atoms with Gasteiger partial charge >= 0.3 is 0 Å². The third-order valence-corrected chi connectivity index (χ3v) is 2.21. The van der Waals surface area contributed by atoms with Gasteiger partial charge in [-0.2, -0.15) is 5.10 Å². The number of nitrogens with two attached hydrogens (primary N) is 1. The molecule has 13 heavy (non-hydrogen) atoms. The molecule has 0 spiro atoms. The van der Waals surface area contributed by atoms with E-state index in [4.69, 9.17) is 5.84 Å². The van der Waals surface area contributed by atoms with Gasteiger partial charge in [-0.25, -0.2) is 5.84 Å². The van der Waals surface area contributed by atoms with Gasteiger partial charge in [0, 0.05) is 6.20 Å². The minimum atomic E-state index is -0.175. The molecule has 72 valence electrons. The van der Waals surface area contributed by atoms with Crippen molar-refractivity contribution in [1.82, 2.24) is 15.2 Å². The summed E-state index contributed by atoms with van der Waals surface area (Å²) in [5.41, 5.74) is 2.11. The summed E-state index contributed by atoms with van der Waals surface area (Å²) in [6.07, 6.45) is 3.62. The Bertz CT molecular complexity index is 298. The zero-order valence-corrected chi connectivity index (χ0v) is 9.35. The monoisotopic (exact) mass is 294 g/mol. The van der Waals surface area contributed by atoms with Gasteiger partial charge in [0.1, 0.15) is 0 Å². The maximum atomic E-state index is 11.0. The van der Waals surface area contributed by atoms with Gasteiger partial charge in [-0.15, -0.1) is 0 Å². The van der Waals surface area contributed by atoms with Crippen LogP contribution in [-0.2, 0) is 11.3 Å². The Morgan fingerprint density at radius 2 is 2.62 bits per heavy atom. The molecule has 1 aromatic rings. The first-order chi connectivity index (χ1) is 6.13. The lowest BCUT2D eigenvalue weighted by Gasteiger charge is -2.08. The van der Waals surface area contributed by atoms with Crippen LogP contribution in [0.1, 0.15) is 6.92 Å². The smallest absolute Gasteiger partial charge is 0.238 e. The topological polar surface area (TPSA) is 72.9 Å². The summed E-state index contributed by atoms with van der Waals surface area (Å²) >= 11 is 2.17. The molecule has 3 N–H and O–H groups in total. The minimum Gasteiger partial charge on any atom is -0.294 e. The quantitative estimate of drug-likeness (QED) is 0.360. The first kappa shape index (κ1) is 10.5. The van der Waals surface area contributed by atoms with Gasteiger partial charge in [0.05, 0.1) is 22.2 Å². The van der Waals surface area contributed by atoms with Crippen molar-refractivity contribution in [2.45, 2.75) is 13.5 Å². The average Bonchev–Trinajstić information content (AvgIpc) is 2.49. The Hall–Kier alpha value is -0.630. The van der Waals surface area contributed by atoms with Crippen LogP contribution >= 0.6 is 22.6 Å². The summed E-state index contributed by atoms with van der Waals surface area (Å²) in [4.78, 5) is 11.0. The number of amides is 1. The van der Waals surface area contributed by atoms with Gasteiger partial charge in [0.15, 0.2) is 0 Å². The van der Waals surface area contributed by atoms with Gasteiger partial charge in [-0.1, -0.05) is 6.92 Å². The number of halogens is 1. The molecule has 1 atom stereocenters. The van der Waals surface area contributed by atoms with Crippen LogP contribution in [0.3, 0.4) is 0 Å². The highest BCUT2D eigenvalue weighted by Crippen LogP contribution is 2.04. The number of nitrogens with zero attached hydrogens (tertiary/aromatic N) is 2. The van der Waals surface area contributed by atoms with Gasteiger partial charge < -0.3 is 0 Å². The zero-order chi connectivity index (χ0) is 9.84. The molecule has 0 saturated heterocycles. The van der Waals surface area contributed by atoms with Crippen molar-refractivity contribution in [3.8, 4) is 0 Å². The van der Waals surface area contributed by atoms with E-state index in [1.165, 1.54) is 0 Å². The molecule has 0 aliphatic rings. The van der Waals surface area contributed by atoms with E-state index < -0.39 is 0 Å². The molecule has 1 rings (SSSR count). The number of hydrazine groups is 1. The summed E-state index contributed by atoms with van der Waals surface area (Å²) in [7, 11) is 0. The number of rotatable bonds is 3. The van der Waals surface area contributed by atoms with E-state index in [1.54, 1.807) is 17.8 Å². The van der Waals surface area contributed by atoms with Crippen LogP contribution in [0.2, 0.25) is 0 Å². The molecule has 0 bridgehead atoms. The number of hydrogen-bond acceptors (Lipinski definition) is 3. The van der Waals surface area contributed by atoms with E-state index in [1.807, 2.05) is 6.20 Å². The summed E-state index contributed by atoms with van der Waals surface area (Å²) < 4.78 is 2.78. The standard InChI is InChI=1S/C7H11IN4O/c1-5(7(13)11-9)3-12-4-6(8)2-10-12/h2,4-5H,3,9H2,1H3,(H,11,13). The van der Waals surface area contributed by atoms with E-state index >= 15 is 0 Å². The molecular weight excluding hydrogens is 283 g/mol. The number of hydrogen-bond donors (Lipinski definition) is 2. The summed E-state index contributed by atoms with van der Waals surface area (Å²) in [6, 6.07) is 0. The molecular formula is C7H11IN4O. The molecule has 0 saturated carbocycles. The van der Waals surface area contributed by atoms with E-state index in [-0.39, 0.29) is 11.8 Å². The first-order valence-electron chi connectivity index (χ1n) is 3.82. The number of aromatic nitrogens is 2. The molecule has 0 radical (unpaired) electrons. The van der Waals surface area contributed by atoms with E-state index in [9.17, 15) is 4.79 Å². The van der Waals surface area contributed by atoms with Crippen LogP contribution in [0, 0.1) is 9.49 Å². The van der Waals surface area contributed by atoms with Gasteiger partial charge in [0.25, 0.3) is 0 Å². The van der Waals surface area contributed by atoms with E-state index in [2.05, 4.69) is 33.1 Å². The molecule has 0 aliphatic carbocycles. The fraction of sp³-hybridized carbons (Fsp3) is 0.429. The number of nitrogens with one attached hydrogen (secondary N) is 1. The zero-order valence-electron chi connectivity index (χ0n) is 7.20. The van der Waals surface area contributed by atoms with Gasteiger partial charge in [-0.3, -0.25) is 14.9 Å². The maximum absolute atomic E-state index is 11.0. The molecule has 6 heteroatoms. The first-order valence-corrected chi connectivity index (χ1v) is 4.89. The van der Waals surface area contributed by atoms with Crippen molar-refractivity contribution in [2.24, 2.45) is 11.8 Å². The van der Waals surface area contributed by atoms with Crippen molar-refractivity contribution < 1.29 is 4.79 Å². The molecule has 0 aromatic carbocycles. The second-order valence-corrected chi connectivity index (χ2v) is 4.04. The lowest BCUT2D eigenvalue weighted by Crippen LogP contribution is -2.36. The van der Waals surface area contributed by atoms with Crippen molar-refractivity contribution in [1.29, 1.82) is 0 Å². The highest BCUT2D eigenvalue weighted by Gasteiger charge is 2.11. The average molecular weight is 294 g/mol.